The molecule has 28 heavy (non-hydrogen) atoms. The van der Waals surface area contributed by atoms with Crippen LogP contribution in [0, 0.1) is 5.82 Å². The third-order valence-electron chi connectivity index (χ3n) is 4.57. The summed E-state index contributed by atoms with van der Waals surface area (Å²) in [5.74, 6) is 1.35. The fourth-order valence-electron chi connectivity index (χ4n) is 3.10. The number of anilines is 3. The van der Waals surface area contributed by atoms with Crippen LogP contribution in [0.5, 0.6) is 0 Å². The number of carbonyl (C=O) groups excluding carboxylic acids is 1. The lowest BCUT2D eigenvalue weighted by Gasteiger charge is -2.35. The number of hydrogen-bond acceptors (Lipinski definition) is 6. The number of carbonyl (C=O) groups is 1. The van der Waals surface area contributed by atoms with Gasteiger partial charge in [0.05, 0.1) is 5.56 Å². The molecule has 0 unspecified atom stereocenters. The number of aromatic nitrogens is 3. The van der Waals surface area contributed by atoms with E-state index in [1.807, 2.05) is 24.3 Å². The summed E-state index contributed by atoms with van der Waals surface area (Å²) < 4.78 is 13.9. The lowest BCUT2D eigenvalue weighted by Crippen LogP contribution is -2.49. The second kappa shape index (κ2) is 7.99. The van der Waals surface area contributed by atoms with Crippen molar-refractivity contribution in [3.05, 3.63) is 72.4 Å². The van der Waals surface area contributed by atoms with E-state index in [0.29, 0.717) is 37.8 Å². The van der Waals surface area contributed by atoms with E-state index >= 15 is 0 Å². The fraction of sp³-hybridized carbons (Fsp3) is 0.200. The summed E-state index contributed by atoms with van der Waals surface area (Å²) in [6.07, 6.45) is 3.20. The summed E-state index contributed by atoms with van der Waals surface area (Å²) in [6, 6.07) is 13.5. The maximum atomic E-state index is 13.9. The van der Waals surface area contributed by atoms with E-state index in [0.717, 1.165) is 5.82 Å². The minimum Gasteiger partial charge on any atom is -0.353 e. The highest BCUT2D eigenvalue weighted by atomic mass is 19.1. The van der Waals surface area contributed by atoms with Gasteiger partial charge in [0, 0.05) is 38.4 Å². The first-order valence-electron chi connectivity index (χ1n) is 8.99. The Morgan fingerprint density at radius 2 is 1.71 bits per heavy atom. The van der Waals surface area contributed by atoms with Gasteiger partial charge in [-0.1, -0.05) is 18.2 Å². The normalized spacial score (nSPS) is 14.0. The molecule has 7 nitrogen and oxygen atoms in total. The van der Waals surface area contributed by atoms with E-state index < -0.39 is 5.82 Å². The zero-order chi connectivity index (χ0) is 19.3. The molecule has 0 saturated carbocycles. The van der Waals surface area contributed by atoms with Gasteiger partial charge >= 0.3 is 0 Å². The van der Waals surface area contributed by atoms with Crippen molar-refractivity contribution in [2.75, 3.05) is 36.4 Å². The summed E-state index contributed by atoms with van der Waals surface area (Å²) in [5.41, 5.74) is 0.111. The second-order valence-corrected chi connectivity index (χ2v) is 6.36. The maximum absolute atomic E-state index is 13.9. The molecule has 0 aliphatic carbocycles. The molecule has 1 aromatic carbocycles. The molecule has 1 aliphatic rings. The number of benzene rings is 1. The van der Waals surface area contributed by atoms with Crippen LogP contribution in [0.1, 0.15) is 10.4 Å². The molecule has 0 radical (unpaired) electrons. The predicted molar refractivity (Wildman–Crippen MR) is 104 cm³/mol. The minimum absolute atomic E-state index is 0.111. The molecule has 2 aromatic heterocycles. The Labute approximate surface area is 161 Å². The molecule has 8 heteroatoms. The third kappa shape index (κ3) is 3.90. The van der Waals surface area contributed by atoms with E-state index in [1.54, 1.807) is 23.2 Å². The molecule has 0 spiro atoms. The van der Waals surface area contributed by atoms with Gasteiger partial charge in [-0.05, 0) is 24.3 Å². The molecule has 1 aliphatic heterocycles. The summed E-state index contributed by atoms with van der Waals surface area (Å²) in [4.78, 5) is 29.1. The van der Waals surface area contributed by atoms with Crippen LogP contribution in [0.15, 0.2) is 61.1 Å². The molecule has 4 rings (SSSR count). The number of hydrogen-bond donors (Lipinski definition) is 1. The van der Waals surface area contributed by atoms with Gasteiger partial charge in [0.1, 0.15) is 29.6 Å². The van der Waals surface area contributed by atoms with Crippen LogP contribution in [-0.4, -0.2) is 51.9 Å². The summed E-state index contributed by atoms with van der Waals surface area (Å²) >= 11 is 0. The smallest absolute Gasteiger partial charge is 0.256 e. The van der Waals surface area contributed by atoms with Gasteiger partial charge in [-0.2, -0.15) is 0 Å². The van der Waals surface area contributed by atoms with Crippen molar-refractivity contribution in [3.8, 4) is 0 Å². The lowest BCUT2D eigenvalue weighted by molar-refractivity contribution is 0.0742. The largest absolute Gasteiger partial charge is 0.353 e. The average Bonchev–Trinajstić information content (AvgIpc) is 2.75. The number of pyridine rings is 1. The van der Waals surface area contributed by atoms with Crippen LogP contribution in [-0.2, 0) is 0 Å². The van der Waals surface area contributed by atoms with Gasteiger partial charge in [0.25, 0.3) is 5.91 Å². The topological polar surface area (TPSA) is 74.2 Å². The zero-order valence-corrected chi connectivity index (χ0v) is 15.1. The van der Waals surface area contributed by atoms with Crippen molar-refractivity contribution < 1.29 is 9.18 Å². The van der Waals surface area contributed by atoms with Crippen LogP contribution in [0.2, 0.25) is 0 Å². The molecular formula is C20H19FN6O. The lowest BCUT2D eigenvalue weighted by atomic mass is 10.1. The summed E-state index contributed by atoms with van der Waals surface area (Å²) in [6.45, 7) is 2.22. The van der Waals surface area contributed by atoms with Crippen molar-refractivity contribution in [2.24, 2.45) is 0 Å². The summed E-state index contributed by atoms with van der Waals surface area (Å²) in [7, 11) is 0. The highest BCUT2D eigenvalue weighted by Gasteiger charge is 2.24. The number of nitrogens with zero attached hydrogens (tertiary/aromatic N) is 5. The molecule has 0 bridgehead atoms. The van der Waals surface area contributed by atoms with Gasteiger partial charge in [0.15, 0.2) is 0 Å². The van der Waals surface area contributed by atoms with Crippen molar-refractivity contribution >= 4 is 23.4 Å². The van der Waals surface area contributed by atoms with Crippen LogP contribution >= 0.6 is 0 Å². The number of nitrogens with one attached hydrogen (secondary N) is 1. The molecule has 1 fully saturated rings. The standard InChI is InChI=1S/C20H19FN6O/c21-16-6-2-1-5-15(16)20(28)27-11-9-26(10-12-27)19-13-18(23-14-24-19)25-17-7-3-4-8-22-17/h1-8,13-14H,9-12H2,(H,22,23,24,25). The Hall–Kier alpha value is -3.55. The van der Waals surface area contributed by atoms with E-state index in [1.165, 1.54) is 18.5 Å². The maximum Gasteiger partial charge on any atom is 0.256 e. The number of piperazine rings is 1. The zero-order valence-electron chi connectivity index (χ0n) is 15.1. The van der Waals surface area contributed by atoms with Crippen LogP contribution < -0.4 is 10.2 Å². The van der Waals surface area contributed by atoms with Crippen LogP contribution in [0.4, 0.5) is 21.8 Å². The third-order valence-corrected chi connectivity index (χ3v) is 4.57. The van der Waals surface area contributed by atoms with Gasteiger partial charge in [0.2, 0.25) is 0 Å². The quantitative estimate of drug-likeness (QED) is 0.753. The van der Waals surface area contributed by atoms with Crippen molar-refractivity contribution in [1.82, 2.24) is 19.9 Å². The predicted octanol–water partition coefficient (Wildman–Crippen LogP) is 2.72. The molecule has 3 heterocycles. The Bertz CT molecular complexity index is 960. The van der Waals surface area contributed by atoms with E-state index in [-0.39, 0.29) is 11.5 Å². The minimum atomic E-state index is -0.490. The van der Waals surface area contributed by atoms with E-state index in [9.17, 15) is 9.18 Å². The van der Waals surface area contributed by atoms with Crippen molar-refractivity contribution in [1.29, 1.82) is 0 Å². The second-order valence-electron chi connectivity index (χ2n) is 6.36. The Balaban J connectivity index is 1.41. The Morgan fingerprint density at radius 3 is 2.46 bits per heavy atom. The van der Waals surface area contributed by atoms with Gasteiger partial charge in [-0.15, -0.1) is 0 Å². The molecule has 142 valence electrons. The highest BCUT2D eigenvalue weighted by Crippen LogP contribution is 2.19. The van der Waals surface area contributed by atoms with Crippen molar-refractivity contribution in [3.63, 3.8) is 0 Å². The first-order chi connectivity index (χ1) is 13.7. The fourth-order valence-corrected chi connectivity index (χ4v) is 3.10. The molecule has 1 amide bonds. The molecule has 1 saturated heterocycles. The van der Waals surface area contributed by atoms with Crippen LogP contribution in [0.3, 0.4) is 0 Å². The van der Waals surface area contributed by atoms with E-state index in [4.69, 9.17) is 0 Å². The number of amides is 1. The van der Waals surface area contributed by atoms with Gasteiger partial charge in [-0.25, -0.2) is 19.3 Å². The van der Waals surface area contributed by atoms with Crippen molar-refractivity contribution in [2.45, 2.75) is 0 Å². The Morgan fingerprint density at radius 1 is 0.929 bits per heavy atom. The van der Waals surface area contributed by atoms with E-state index in [2.05, 4.69) is 25.2 Å². The Kier molecular flexibility index (Phi) is 5.09. The summed E-state index contributed by atoms with van der Waals surface area (Å²) in [5, 5.41) is 3.14. The average molecular weight is 378 g/mol. The molecule has 1 N–H and O–H groups in total. The first-order valence-corrected chi connectivity index (χ1v) is 8.99. The van der Waals surface area contributed by atoms with Crippen LogP contribution in [0.25, 0.3) is 0 Å². The molecule has 0 atom stereocenters. The number of halogens is 1. The first kappa shape index (κ1) is 17.8. The van der Waals surface area contributed by atoms with Gasteiger partial charge < -0.3 is 15.1 Å². The number of rotatable bonds is 4. The van der Waals surface area contributed by atoms with Gasteiger partial charge in [-0.3, -0.25) is 4.79 Å². The highest BCUT2D eigenvalue weighted by molar-refractivity contribution is 5.94. The monoisotopic (exact) mass is 378 g/mol. The molecule has 3 aromatic rings. The SMILES string of the molecule is O=C(c1ccccc1F)N1CCN(c2cc(Nc3ccccn3)ncn2)CC1. The molecular weight excluding hydrogens is 359 g/mol.